The summed E-state index contributed by atoms with van der Waals surface area (Å²) < 4.78 is 5.14. The molecule has 6 heteroatoms. The van der Waals surface area contributed by atoms with Crippen LogP contribution in [0, 0.1) is 13.8 Å². The van der Waals surface area contributed by atoms with E-state index >= 15 is 0 Å². The second-order valence-electron chi connectivity index (χ2n) is 5.56. The molecule has 5 nitrogen and oxygen atoms in total. The second-order valence-corrected chi connectivity index (χ2v) is 7.07. The highest BCUT2D eigenvalue weighted by atomic mass is 32.2. The summed E-state index contributed by atoms with van der Waals surface area (Å²) in [6.07, 6.45) is 0. The topological polar surface area (TPSA) is 67.2 Å². The Morgan fingerprint density at radius 1 is 1.26 bits per heavy atom. The van der Waals surface area contributed by atoms with E-state index in [0.29, 0.717) is 6.54 Å². The van der Waals surface area contributed by atoms with E-state index in [1.807, 2.05) is 39.0 Å². The first kappa shape index (κ1) is 17.4. The number of hydrogen-bond acceptors (Lipinski definition) is 4. The molecule has 0 saturated carbocycles. The van der Waals surface area contributed by atoms with Crippen LogP contribution in [-0.2, 0) is 0 Å². The van der Waals surface area contributed by atoms with Crippen LogP contribution in [0.2, 0.25) is 0 Å². The average Bonchev–Trinajstić information content (AvgIpc) is 2.85. The zero-order valence-electron chi connectivity index (χ0n) is 13.9. The highest BCUT2D eigenvalue weighted by molar-refractivity contribution is 8.00. The summed E-state index contributed by atoms with van der Waals surface area (Å²) >= 11 is 1.74. The van der Waals surface area contributed by atoms with Gasteiger partial charge in [-0.15, -0.1) is 11.8 Å². The number of benzene rings is 1. The van der Waals surface area contributed by atoms with E-state index in [4.69, 9.17) is 4.52 Å². The SMILES string of the molecule is Cc1noc(C)c1[C@@H](C)NC(=O)NC[C@H](C)Sc1ccccc1. The number of nitrogens with one attached hydrogen (secondary N) is 2. The van der Waals surface area contributed by atoms with Gasteiger partial charge >= 0.3 is 6.03 Å². The lowest BCUT2D eigenvalue weighted by molar-refractivity contribution is 0.238. The highest BCUT2D eigenvalue weighted by Crippen LogP contribution is 2.22. The predicted molar refractivity (Wildman–Crippen MR) is 92.7 cm³/mol. The standard InChI is InChI=1S/C17H23N3O2S/c1-11(23-15-8-6-5-7-9-15)10-18-17(21)19-12(2)16-13(3)20-22-14(16)4/h5-9,11-12H,10H2,1-4H3,(H2,18,19,21)/t11-,12+/m0/s1. The third-order valence-electron chi connectivity index (χ3n) is 3.50. The fourth-order valence-corrected chi connectivity index (χ4v) is 3.38. The highest BCUT2D eigenvalue weighted by Gasteiger charge is 2.18. The minimum atomic E-state index is -0.182. The fourth-order valence-electron chi connectivity index (χ4n) is 2.44. The molecule has 2 N–H and O–H groups in total. The summed E-state index contributed by atoms with van der Waals surface area (Å²) in [5.41, 5.74) is 1.75. The zero-order valence-corrected chi connectivity index (χ0v) is 14.7. The van der Waals surface area contributed by atoms with Crippen molar-refractivity contribution in [3.8, 4) is 0 Å². The number of hydrogen-bond donors (Lipinski definition) is 2. The van der Waals surface area contributed by atoms with Gasteiger partial charge in [0.15, 0.2) is 0 Å². The van der Waals surface area contributed by atoms with Gasteiger partial charge in [0.25, 0.3) is 0 Å². The van der Waals surface area contributed by atoms with Crippen molar-refractivity contribution in [2.75, 3.05) is 6.54 Å². The van der Waals surface area contributed by atoms with Gasteiger partial charge in [0.1, 0.15) is 5.76 Å². The summed E-state index contributed by atoms with van der Waals surface area (Å²) in [5, 5.41) is 10.0. The molecule has 1 aromatic carbocycles. The van der Waals surface area contributed by atoms with Gasteiger partial charge < -0.3 is 15.2 Å². The van der Waals surface area contributed by atoms with E-state index in [0.717, 1.165) is 17.0 Å². The molecule has 1 heterocycles. The van der Waals surface area contributed by atoms with Crippen LogP contribution in [0.5, 0.6) is 0 Å². The molecule has 2 amide bonds. The maximum Gasteiger partial charge on any atom is 0.315 e. The molecule has 0 saturated heterocycles. The number of carbonyl (C=O) groups excluding carboxylic acids is 1. The largest absolute Gasteiger partial charge is 0.361 e. The Balaban J connectivity index is 1.79. The van der Waals surface area contributed by atoms with Gasteiger partial charge in [-0.3, -0.25) is 0 Å². The van der Waals surface area contributed by atoms with Crippen LogP contribution in [0.15, 0.2) is 39.8 Å². The van der Waals surface area contributed by atoms with Crippen LogP contribution < -0.4 is 10.6 Å². The molecule has 0 bridgehead atoms. The molecule has 2 atom stereocenters. The second kappa shape index (κ2) is 8.06. The normalized spacial score (nSPS) is 13.4. The Bertz CT molecular complexity index is 623. The monoisotopic (exact) mass is 333 g/mol. The van der Waals surface area contributed by atoms with Crippen molar-refractivity contribution in [1.29, 1.82) is 0 Å². The van der Waals surface area contributed by atoms with Gasteiger partial charge in [0.2, 0.25) is 0 Å². The molecule has 0 aliphatic heterocycles. The summed E-state index contributed by atoms with van der Waals surface area (Å²) in [4.78, 5) is 13.2. The predicted octanol–water partition coefficient (Wildman–Crippen LogP) is 3.83. The van der Waals surface area contributed by atoms with Crippen LogP contribution in [0.1, 0.15) is 36.9 Å². The number of amides is 2. The molecular formula is C17H23N3O2S. The van der Waals surface area contributed by atoms with Gasteiger partial charge in [-0.1, -0.05) is 30.3 Å². The Morgan fingerprint density at radius 3 is 2.57 bits per heavy atom. The van der Waals surface area contributed by atoms with Crippen LogP contribution in [-0.4, -0.2) is 23.0 Å². The number of aromatic nitrogens is 1. The van der Waals surface area contributed by atoms with Crippen molar-refractivity contribution >= 4 is 17.8 Å². The molecular weight excluding hydrogens is 310 g/mol. The molecule has 2 aromatic rings. The number of thioether (sulfide) groups is 1. The van der Waals surface area contributed by atoms with Gasteiger partial charge in [-0.05, 0) is 32.9 Å². The van der Waals surface area contributed by atoms with E-state index in [-0.39, 0.29) is 17.3 Å². The zero-order chi connectivity index (χ0) is 16.8. The van der Waals surface area contributed by atoms with Gasteiger partial charge in [0, 0.05) is 22.3 Å². The third kappa shape index (κ3) is 5.03. The van der Waals surface area contributed by atoms with Gasteiger partial charge in [-0.25, -0.2) is 4.79 Å². The Kier molecular flexibility index (Phi) is 6.10. The molecule has 0 aliphatic carbocycles. The Hall–Kier alpha value is -1.95. The van der Waals surface area contributed by atoms with Crippen LogP contribution in [0.25, 0.3) is 0 Å². The van der Waals surface area contributed by atoms with Crippen molar-refractivity contribution in [2.45, 2.75) is 43.9 Å². The molecule has 0 radical (unpaired) electrons. The van der Waals surface area contributed by atoms with Crippen LogP contribution in [0.3, 0.4) is 0 Å². The van der Waals surface area contributed by atoms with E-state index in [1.54, 1.807) is 11.8 Å². The van der Waals surface area contributed by atoms with Gasteiger partial charge in [0.05, 0.1) is 11.7 Å². The van der Waals surface area contributed by atoms with E-state index in [2.05, 4.69) is 34.8 Å². The first-order valence-corrected chi connectivity index (χ1v) is 8.54. The number of aryl methyl sites for hydroxylation is 2. The van der Waals surface area contributed by atoms with Crippen molar-refractivity contribution in [1.82, 2.24) is 15.8 Å². The van der Waals surface area contributed by atoms with Crippen molar-refractivity contribution < 1.29 is 9.32 Å². The fraction of sp³-hybridized carbons (Fsp3) is 0.412. The third-order valence-corrected chi connectivity index (χ3v) is 4.61. The van der Waals surface area contributed by atoms with Crippen molar-refractivity contribution in [3.63, 3.8) is 0 Å². The molecule has 124 valence electrons. The Labute approximate surface area is 141 Å². The molecule has 0 aliphatic rings. The smallest absolute Gasteiger partial charge is 0.315 e. The van der Waals surface area contributed by atoms with E-state index in [1.165, 1.54) is 4.90 Å². The molecule has 23 heavy (non-hydrogen) atoms. The first-order chi connectivity index (χ1) is 11.0. The molecule has 0 fully saturated rings. The summed E-state index contributed by atoms with van der Waals surface area (Å²) in [6, 6.07) is 9.84. The number of carbonyl (C=O) groups is 1. The maximum atomic E-state index is 12.0. The molecule has 0 unspecified atom stereocenters. The van der Waals surface area contributed by atoms with E-state index < -0.39 is 0 Å². The lowest BCUT2D eigenvalue weighted by Crippen LogP contribution is -2.39. The average molecular weight is 333 g/mol. The van der Waals surface area contributed by atoms with Crippen molar-refractivity contribution in [2.24, 2.45) is 0 Å². The summed E-state index contributed by atoms with van der Waals surface area (Å²) in [6.45, 7) is 8.34. The minimum Gasteiger partial charge on any atom is -0.361 e. The number of nitrogens with zero attached hydrogens (tertiary/aromatic N) is 1. The first-order valence-electron chi connectivity index (χ1n) is 7.66. The van der Waals surface area contributed by atoms with Crippen LogP contribution >= 0.6 is 11.8 Å². The molecule has 1 aromatic heterocycles. The lowest BCUT2D eigenvalue weighted by atomic mass is 10.1. The molecule has 2 rings (SSSR count). The number of urea groups is 1. The molecule has 0 spiro atoms. The van der Waals surface area contributed by atoms with Crippen molar-refractivity contribution in [3.05, 3.63) is 47.3 Å². The summed E-state index contributed by atoms with van der Waals surface area (Å²) in [7, 11) is 0. The van der Waals surface area contributed by atoms with Gasteiger partial charge in [-0.2, -0.15) is 0 Å². The summed E-state index contributed by atoms with van der Waals surface area (Å²) in [5.74, 6) is 0.739. The lowest BCUT2D eigenvalue weighted by Gasteiger charge is -2.16. The van der Waals surface area contributed by atoms with Crippen LogP contribution in [0.4, 0.5) is 4.79 Å². The maximum absolute atomic E-state index is 12.0. The Morgan fingerprint density at radius 2 is 1.96 bits per heavy atom. The minimum absolute atomic E-state index is 0.140. The number of rotatable bonds is 6. The van der Waals surface area contributed by atoms with E-state index in [9.17, 15) is 4.79 Å². The quantitative estimate of drug-likeness (QED) is 0.788.